The van der Waals surface area contributed by atoms with Crippen LogP contribution >= 0.6 is 34.7 Å². The van der Waals surface area contributed by atoms with Crippen molar-refractivity contribution in [3.05, 3.63) is 109 Å². The minimum atomic E-state index is -0.348. The number of halogens is 1. The van der Waals surface area contributed by atoms with Crippen LogP contribution < -0.4 is 5.56 Å². The highest BCUT2D eigenvalue weighted by atomic mass is 35.5. The summed E-state index contributed by atoms with van der Waals surface area (Å²) in [5, 5.41) is 7.15. The average molecular weight is 652 g/mol. The van der Waals surface area contributed by atoms with Gasteiger partial charge in [-0.15, -0.1) is 11.3 Å². The molecule has 2 aromatic heterocycles. The first-order valence-corrected chi connectivity index (χ1v) is 17.5. The SMILES string of the molecule is CCN(CC)CCN(Cc1ccc(C(C)C)cc1)C(=O)Cn1nc(CCc2ccccc2)c(=O)nc1SCc1csc(Cl)c1. The third-order valence-electron chi connectivity index (χ3n) is 7.63. The van der Waals surface area contributed by atoms with Gasteiger partial charge in [0.1, 0.15) is 12.2 Å². The number of thiophene rings is 1. The van der Waals surface area contributed by atoms with Crippen LogP contribution in [0.3, 0.4) is 0 Å². The number of benzene rings is 2. The second-order valence-electron chi connectivity index (χ2n) is 11.1. The van der Waals surface area contributed by atoms with E-state index in [1.165, 1.54) is 28.7 Å². The summed E-state index contributed by atoms with van der Waals surface area (Å²) in [4.78, 5) is 35.7. The van der Waals surface area contributed by atoms with Crippen LogP contribution in [0.1, 0.15) is 61.6 Å². The van der Waals surface area contributed by atoms with Gasteiger partial charge in [0, 0.05) is 31.8 Å². The van der Waals surface area contributed by atoms with E-state index in [0.29, 0.717) is 52.8 Å². The number of aryl methyl sites for hydroxylation is 2. The molecule has 0 aliphatic carbocycles. The Kier molecular flexibility index (Phi) is 13.0. The minimum absolute atomic E-state index is 0.000666. The summed E-state index contributed by atoms with van der Waals surface area (Å²) in [5.41, 5.74) is 4.53. The number of rotatable bonds is 16. The fourth-order valence-corrected chi connectivity index (χ4v) is 6.71. The predicted octanol–water partition coefficient (Wildman–Crippen LogP) is 6.92. The van der Waals surface area contributed by atoms with Gasteiger partial charge in [-0.3, -0.25) is 9.59 Å². The maximum absolute atomic E-state index is 14.0. The van der Waals surface area contributed by atoms with E-state index in [1.807, 2.05) is 46.7 Å². The topological polar surface area (TPSA) is 71.3 Å². The largest absolute Gasteiger partial charge is 0.335 e. The zero-order valence-corrected chi connectivity index (χ0v) is 28.4. The van der Waals surface area contributed by atoms with Crippen molar-refractivity contribution in [3.63, 3.8) is 0 Å². The maximum Gasteiger partial charge on any atom is 0.295 e. The Labute approximate surface area is 274 Å². The molecule has 2 aromatic carbocycles. The number of thioether (sulfide) groups is 1. The first-order chi connectivity index (χ1) is 21.2. The normalized spacial score (nSPS) is 11.4. The van der Waals surface area contributed by atoms with Gasteiger partial charge in [0.2, 0.25) is 5.91 Å². The number of nitrogens with zero attached hydrogens (tertiary/aromatic N) is 5. The fourth-order valence-electron chi connectivity index (χ4n) is 4.83. The number of aromatic nitrogens is 3. The molecule has 0 bridgehead atoms. The Morgan fingerprint density at radius 2 is 1.70 bits per heavy atom. The molecule has 10 heteroatoms. The molecule has 0 atom stereocenters. The molecule has 0 radical (unpaired) electrons. The van der Waals surface area contributed by atoms with Gasteiger partial charge < -0.3 is 9.80 Å². The van der Waals surface area contributed by atoms with Gasteiger partial charge in [-0.2, -0.15) is 10.1 Å². The summed E-state index contributed by atoms with van der Waals surface area (Å²) in [6, 6.07) is 20.4. The average Bonchev–Trinajstić information content (AvgIpc) is 3.45. The van der Waals surface area contributed by atoms with Crippen molar-refractivity contribution in [2.24, 2.45) is 0 Å². The van der Waals surface area contributed by atoms with Gasteiger partial charge in [-0.25, -0.2) is 4.68 Å². The van der Waals surface area contributed by atoms with E-state index < -0.39 is 0 Å². The number of amides is 1. The lowest BCUT2D eigenvalue weighted by Crippen LogP contribution is -2.40. The smallest absolute Gasteiger partial charge is 0.295 e. The van der Waals surface area contributed by atoms with Crippen LogP contribution in [0, 0.1) is 0 Å². The summed E-state index contributed by atoms with van der Waals surface area (Å²) in [7, 11) is 0. The van der Waals surface area contributed by atoms with Crippen LogP contribution in [0.15, 0.2) is 76.0 Å². The highest BCUT2D eigenvalue weighted by Gasteiger charge is 2.20. The van der Waals surface area contributed by atoms with E-state index in [2.05, 4.69) is 61.8 Å². The van der Waals surface area contributed by atoms with Crippen molar-refractivity contribution >= 4 is 40.6 Å². The highest BCUT2D eigenvalue weighted by molar-refractivity contribution is 7.98. The quantitative estimate of drug-likeness (QED) is 0.122. The van der Waals surface area contributed by atoms with Gasteiger partial charge in [0.25, 0.3) is 5.56 Å². The van der Waals surface area contributed by atoms with Crippen molar-refractivity contribution in [1.29, 1.82) is 0 Å². The molecule has 4 rings (SSSR count). The Morgan fingerprint density at radius 1 is 0.977 bits per heavy atom. The number of carbonyl (C=O) groups is 1. The second-order valence-corrected chi connectivity index (χ2v) is 13.6. The predicted molar refractivity (Wildman–Crippen MR) is 183 cm³/mol. The molecule has 0 N–H and O–H groups in total. The van der Waals surface area contributed by atoms with Gasteiger partial charge in [0.05, 0.1) is 4.34 Å². The molecule has 0 unspecified atom stereocenters. The standard InChI is InChI=1S/C34H42ClN5O2S2/c1-5-38(6-2)18-19-39(21-27-12-15-29(16-13-27)25(3)4)32(41)22-40-34(44-24-28-20-31(35)43-23-28)36-33(42)30(37-40)17-14-26-10-8-7-9-11-26/h7-13,15-16,20,23,25H,5-6,14,17-19,21-22,24H2,1-4H3. The fraction of sp³-hybridized carbons (Fsp3) is 0.412. The maximum atomic E-state index is 14.0. The monoisotopic (exact) mass is 651 g/mol. The lowest BCUT2D eigenvalue weighted by Gasteiger charge is -2.27. The van der Waals surface area contributed by atoms with Crippen LogP contribution in [0.2, 0.25) is 4.34 Å². The zero-order chi connectivity index (χ0) is 31.5. The molecule has 2 heterocycles. The molecule has 0 aliphatic heterocycles. The molecule has 234 valence electrons. The second kappa shape index (κ2) is 16.9. The van der Waals surface area contributed by atoms with Crippen molar-refractivity contribution in [2.75, 3.05) is 26.2 Å². The summed E-state index contributed by atoms with van der Waals surface area (Å²) in [5.74, 6) is 0.959. The highest BCUT2D eigenvalue weighted by Crippen LogP contribution is 2.26. The molecule has 0 spiro atoms. The first kappa shape index (κ1) is 33.9. The number of hydrogen-bond donors (Lipinski definition) is 0. The lowest BCUT2D eigenvalue weighted by molar-refractivity contribution is -0.133. The molecule has 44 heavy (non-hydrogen) atoms. The molecule has 0 aliphatic rings. The van der Waals surface area contributed by atoms with Gasteiger partial charge >= 0.3 is 0 Å². The summed E-state index contributed by atoms with van der Waals surface area (Å²) in [6.45, 7) is 12.3. The molecular weight excluding hydrogens is 610 g/mol. The molecule has 1 amide bonds. The molecular formula is C34H42ClN5O2S2. The van der Waals surface area contributed by atoms with Crippen LogP contribution in [0.5, 0.6) is 0 Å². The van der Waals surface area contributed by atoms with E-state index >= 15 is 0 Å². The molecule has 0 saturated heterocycles. The zero-order valence-electron chi connectivity index (χ0n) is 26.0. The molecule has 7 nitrogen and oxygen atoms in total. The van der Waals surface area contributed by atoms with Crippen LogP contribution in [0.25, 0.3) is 0 Å². The molecule has 0 fully saturated rings. The summed E-state index contributed by atoms with van der Waals surface area (Å²) in [6.07, 6.45) is 1.12. The van der Waals surface area contributed by atoms with Crippen molar-refractivity contribution in [2.45, 2.75) is 70.5 Å². The van der Waals surface area contributed by atoms with E-state index in [9.17, 15) is 9.59 Å². The van der Waals surface area contributed by atoms with Crippen molar-refractivity contribution < 1.29 is 4.79 Å². The van der Waals surface area contributed by atoms with E-state index in [4.69, 9.17) is 16.7 Å². The van der Waals surface area contributed by atoms with E-state index in [1.54, 1.807) is 4.68 Å². The Balaban J connectivity index is 1.59. The van der Waals surface area contributed by atoms with E-state index in [-0.39, 0.29) is 18.0 Å². The number of likely N-dealkylation sites (N-methyl/N-ethyl adjacent to an activating group) is 1. The van der Waals surface area contributed by atoms with Gasteiger partial charge in [-0.05, 0) is 59.1 Å². The van der Waals surface area contributed by atoms with Gasteiger partial charge in [-0.1, -0.05) is 106 Å². The van der Waals surface area contributed by atoms with Crippen LogP contribution in [-0.2, 0) is 36.5 Å². The van der Waals surface area contributed by atoms with Crippen LogP contribution in [-0.4, -0.2) is 56.7 Å². The Hall–Kier alpha value is -2.98. The minimum Gasteiger partial charge on any atom is -0.335 e. The molecule has 0 saturated carbocycles. The third-order valence-corrected chi connectivity index (χ3v) is 9.81. The third kappa shape index (κ3) is 10.0. The molecule has 4 aromatic rings. The Bertz CT molecular complexity index is 1540. The first-order valence-electron chi connectivity index (χ1n) is 15.2. The van der Waals surface area contributed by atoms with Crippen molar-refractivity contribution in [3.8, 4) is 0 Å². The number of carbonyl (C=O) groups excluding carboxylic acids is 1. The van der Waals surface area contributed by atoms with E-state index in [0.717, 1.165) is 36.3 Å². The lowest BCUT2D eigenvalue weighted by atomic mass is 10.0. The number of hydrogen-bond acceptors (Lipinski definition) is 7. The summed E-state index contributed by atoms with van der Waals surface area (Å²) >= 11 is 9.01. The van der Waals surface area contributed by atoms with Gasteiger partial charge in [0.15, 0.2) is 5.16 Å². The van der Waals surface area contributed by atoms with Crippen LogP contribution in [0.4, 0.5) is 0 Å². The summed E-state index contributed by atoms with van der Waals surface area (Å²) < 4.78 is 2.33. The van der Waals surface area contributed by atoms with Crippen molar-refractivity contribution in [1.82, 2.24) is 24.6 Å². The Morgan fingerprint density at radius 3 is 2.34 bits per heavy atom.